The Morgan fingerprint density at radius 2 is 1.72 bits per heavy atom. The molecule has 25 heavy (non-hydrogen) atoms. The highest BCUT2D eigenvalue weighted by molar-refractivity contribution is 5.91. The number of aliphatic hydroxyl groups is 1. The van der Waals surface area contributed by atoms with E-state index in [4.69, 9.17) is 0 Å². The summed E-state index contributed by atoms with van der Waals surface area (Å²) in [7, 11) is 1.82. The topological polar surface area (TPSA) is 52.6 Å². The number of benzene rings is 1. The summed E-state index contributed by atoms with van der Waals surface area (Å²) in [5.41, 5.74) is 3.30. The van der Waals surface area contributed by atoms with Crippen LogP contribution in [0.4, 0.5) is 10.5 Å². The third-order valence-electron chi connectivity index (χ3n) is 5.33. The maximum atomic E-state index is 12.8. The lowest BCUT2D eigenvalue weighted by atomic mass is 9.86. The third kappa shape index (κ3) is 4.97. The molecule has 1 aliphatic rings. The zero-order chi connectivity index (χ0) is 18.6. The molecule has 0 aromatic heterocycles. The van der Waals surface area contributed by atoms with Crippen molar-refractivity contribution in [1.29, 1.82) is 0 Å². The van der Waals surface area contributed by atoms with Crippen LogP contribution in [-0.4, -0.2) is 35.7 Å². The second-order valence-corrected chi connectivity index (χ2v) is 8.04. The molecule has 1 aromatic carbocycles. The van der Waals surface area contributed by atoms with Crippen molar-refractivity contribution in [3.05, 3.63) is 29.3 Å². The van der Waals surface area contributed by atoms with Crippen LogP contribution in [0.5, 0.6) is 0 Å². The van der Waals surface area contributed by atoms with E-state index in [2.05, 4.69) is 51.2 Å². The molecule has 2 N–H and O–H groups in total. The van der Waals surface area contributed by atoms with E-state index >= 15 is 0 Å². The molecule has 1 saturated carbocycles. The van der Waals surface area contributed by atoms with Gasteiger partial charge in [0.2, 0.25) is 0 Å². The van der Waals surface area contributed by atoms with Crippen LogP contribution < -0.4 is 5.32 Å². The van der Waals surface area contributed by atoms with Gasteiger partial charge >= 0.3 is 6.03 Å². The normalized spacial score (nSPS) is 20.8. The SMILES string of the molecule is CC(C)c1cccc(C(C)C)c1NC(=O)N(C)CC1CCCCC1O. The van der Waals surface area contributed by atoms with Gasteiger partial charge in [0.05, 0.1) is 6.10 Å². The molecular formula is C21H34N2O2. The van der Waals surface area contributed by atoms with Gasteiger partial charge in [-0.3, -0.25) is 0 Å². The highest BCUT2D eigenvalue weighted by Gasteiger charge is 2.26. The minimum Gasteiger partial charge on any atom is -0.393 e. The first kappa shape index (κ1) is 19.8. The Bertz CT molecular complexity index is 557. The second kappa shape index (κ2) is 8.70. The first-order valence-electron chi connectivity index (χ1n) is 9.64. The molecular weight excluding hydrogens is 312 g/mol. The summed E-state index contributed by atoms with van der Waals surface area (Å²) < 4.78 is 0. The van der Waals surface area contributed by atoms with Crippen molar-refractivity contribution in [3.8, 4) is 0 Å². The maximum absolute atomic E-state index is 12.8. The van der Waals surface area contributed by atoms with Gasteiger partial charge in [-0.1, -0.05) is 58.7 Å². The molecule has 0 aliphatic heterocycles. The minimum absolute atomic E-state index is 0.0900. The van der Waals surface area contributed by atoms with Crippen LogP contribution in [0.25, 0.3) is 0 Å². The molecule has 2 amide bonds. The zero-order valence-electron chi connectivity index (χ0n) is 16.4. The van der Waals surface area contributed by atoms with Gasteiger partial charge in [-0.2, -0.15) is 0 Å². The van der Waals surface area contributed by atoms with Crippen molar-refractivity contribution in [3.63, 3.8) is 0 Å². The highest BCUT2D eigenvalue weighted by Crippen LogP contribution is 2.32. The monoisotopic (exact) mass is 346 g/mol. The first-order chi connectivity index (χ1) is 11.8. The van der Waals surface area contributed by atoms with Crippen molar-refractivity contribution < 1.29 is 9.90 Å². The molecule has 0 spiro atoms. The summed E-state index contributed by atoms with van der Waals surface area (Å²) in [4.78, 5) is 14.5. The van der Waals surface area contributed by atoms with Gasteiger partial charge in [-0.25, -0.2) is 4.79 Å². The quantitative estimate of drug-likeness (QED) is 0.792. The summed E-state index contributed by atoms with van der Waals surface area (Å²) >= 11 is 0. The smallest absolute Gasteiger partial charge is 0.321 e. The molecule has 2 unspecified atom stereocenters. The van der Waals surface area contributed by atoms with Gasteiger partial charge in [0, 0.05) is 25.2 Å². The van der Waals surface area contributed by atoms with E-state index in [1.54, 1.807) is 4.90 Å². The van der Waals surface area contributed by atoms with Gasteiger partial charge in [0.25, 0.3) is 0 Å². The van der Waals surface area contributed by atoms with Crippen LogP contribution in [0.1, 0.15) is 76.3 Å². The summed E-state index contributed by atoms with van der Waals surface area (Å²) in [5.74, 6) is 0.883. The first-order valence-corrected chi connectivity index (χ1v) is 9.64. The number of para-hydroxylation sites is 1. The second-order valence-electron chi connectivity index (χ2n) is 8.04. The van der Waals surface area contributed by atoms with Crippen molar-refractivity contribution in [2.24, 2.45) is 5.92 Å². The van der Waals surface area contributed by atoms with Crippen molar-refractivity contribution in [2.75, 3.05) is 18.9 Å². The molecule has 0 bridgehead atoms. The zero-order valence-corrected chi connectivity index (χ0v) is 16.4. The van der Waals surface area contributed by atoms with E-state index < -0.39 is 0 Å². The Labute approximate surface area is 152 Å². The maximum Gasteiger partial charge on any atom is 0.321 e. The van der Waals surface area contributed by atoms with Crippen LogP contribution >= 0.6 is 0 Å². The van der Waals surface area contributed by atoms with Gasteiger partial charge in [-0.15, -0.1) is 0 Å². The van der Waals surface area contributed by atoms with Gasteiger partial charge < -0.3 is 15.3 Å². The number of nitrogens with zero attached hydrogens (tertiary/aromatic N) is 1. The number of hydrogen-bond acceptors (Lipinski definition) is 2. The summed E-state index contributed by atoms with van der Waals surface area (Å²) in [5, 5.41) is 13.3. The predicted molar refractivity (Wildman–Crippen MR) is 104 cm³/mol. The van der Waals surface area contributed by atoms with Crippen LogP contribution in [0.15, 0.2) is 18.2 Å². The fourth-order valence-electron chi connectivity index (χ4n) is 3.73. The molecule has 1 aromatic rings. The number of carbonyl (C=O) groups is 1. The summed E-state index contributed by atoms with van der Waals surface area (Å²) in [6, 6.07) is 6.17. The lowest BCUT2D eigenvalue weighted by molar-refractivity contribution is 0.0575. The van der Waals surface area contributed by atoms with E-state index in [1.807, 2.05) is 7.05 Å². The van der Waals surface area contributed by atoms with Crippen molar-refractivity contribution in [1.82, 2.24) is 4.90 Å². The van der Waals surface area contributed by atoms with Gasteiger partial charge in [0.1, 0.15) is 0 Å². The highest BCUT2D eigenvalue weighted by atomic mass is 16.3. The number of anilines is 1. The fraction of sp³-hybridized carbons (Fsp3) is 0.667. The Morgan fingerprint density at radius 1 is 1.16 bits per heavy atom. The molecule has 140 valence electrons. The van der Waals surface area contributed by atoms with Crippen molar-refractivity contribution >= 4 is 11.7 Å². The number of nitrogens with one attached hydrogen (secondary N) is 1. The van der Waals surface area contributed by atoms with Crippen LogP contribution in [-0.2, 0) is 0 Å². The average molecular weight is 347 g/mol. The molecule has 4 nitrogen and oxygen atoms in total. The molecule has 1 aliphatic carbocycles. The number of hydrogen-bond donors (Lipinski definition) is 2. The lowest BCUT2D eigenvalue weighted by Gasteiger charge is -2.31. The van der Waals surface area contributed by atoms with E-state index in [-0.39, 0.29) is 18.1 Å². The van der Waals surface area contributed by atoms with Crippen LogP contribution in [0, 0.1) is 5.92 Å². The summed E-state index contributed by atoms with van der Waals surface area (Å²) in [6.07, 6.45) is 3.81. The van der Waals surface area contributed by atoms with Crippen LogP contribution in [0.2, 0.25) is 0 Å². The van der Waals surface area contributed by atoms with E-state index in [9.17, 15) is 9.90 Å². The predicted octanol–water partition coefficient (Wildman–Crippen LogP) is 4.95. The Balaban J connectivity index is 2.13. The molecule has 0 saturated heterocycles. The molecule has 0 radical (unpaired) electrons. The van der Waals surface area contributed by atoms with E-state index in [1.165, 1.54) is 11.1 Å². The molecule has 2 rings (SSSR count). The summed E-state index contributed by atoms with van der Waals surface area (Å²) in [6.45, 7) is 9.21. The number of aliphatic hydroxyl groups excluding tert-OH is 1. The fourth-order valence-corrected chi connectivity index (χ4v) is 3.73. The van der Waals surface area contributed by atoms with Crippen LogP contribution in [0.3, 0.4) is 0 Å². The average Bonchev–Trinajstić information content (AvgIpc) is 2.56. The van der Waals surface area contributed by atoms with Crippen molar-refractivity contribution in [2.45, 2.75) is 71.3 Å². The Morgan fingerprint density at radius 3 is 2.24 bits per heavy atom. The number of urea groups is 1. The molecule has 4 heteroatoms. The van der Waals surface area contributed by atoms with Gasteiger partial charge in [-0.05, 0) is 35.8 Å². The standard InChI is InChI=1S/C21H34N2O2/c1-14(2)17-10-8-11-18(15(3)4)20(17)22-21(25)23(5)13-16-9-6-7-12-19(16)24/h8,10-11,14-16,19,24H,6-7,9,12-13H2,1-5H3,(H,22,25). The minimum atomic E-state index is -0.279. The number of rotatable bonds is 5. The molecule has 1 fully saturated rings. The molecule has 2 atom stereocenters. The Hall–Kier alpha value is -1.55. The number of carbonyl (C=O) groups excluding carboxylic acids is 1. The number of amides is 2. The van der Waals surface area contributed by atoms with E-state index in [0.29, 0.717) is 18.4 Å². The third-order valence-corrected chi connectivity index (χ3v) is 5.33. The van der Waals surface area contributed by atoms with E-state index in [0.717, 1.165) is 31.4 Å². The molecule has 0 heterocycles. The Kier molecular flexibility index (Phi) is 6.88. The lowest BCUT2D eigenvalue weighted by Crippen LogP contribution is -2.40. The van der Waals surface area contributed by atoms with Gasteiger partial charge in [0.15, 0.2) is 0 Å². The largest absolute Gasteiger partial charge is 0.393 e.